The maximum atomic E-state index is 3.79. The van der Waals surface area contributed by atoms with Crippen LogP contribution in [0.4, 0.5) is 0 Å². The third-order valence-electron chi connectivity index (χ3n) is 6.05. The fraction of sp³-hybridized carbons (Fsp3) is 0.259. The summed E-state index contributed by atoms with van der Waals surface area (Å²) in [7, 11) is 3.79. The molecule has 0 N–H and O–H groups in total. The van der Waals surface area contributed by atoms with Crippen LogP contribution in [0.15, 0.2) is 87.2 Å². The monoisotopic (exact) mass is 411 g/mol. The molecular formula is C27H27SSi. The molecule has 0 amide bonds. The van der Waals surface area contributed by atoms with E-state index in [4.69, 9.17) is 0 Å². The molecule has 145 valence electrons. The predicted octanol–water partition coefficient (Wildman–Crippen LogP) is 7.86. The van der Waals surface area contributed by atoms with Crippen LogP contribution in [-0.4, -0.2) is 10.2 Å². The third-order valence-corrected chi connectivity index (χ3v) is 8.28. The minimum absolute atomic E-state index is 0.369. The summed E-state index contributed by atoms with van der Waals surface area (Å²) in [5.74, 6) is 0.657. The highest BCUT2D eigenvalue weighted by Gasteiger charge is 2.30. The van der Waals surface area contributed by atoms with Crippen LogP contribution < -0.4 is 0 Å². The molecule has 29 heavy (non-hydrogen) atoms. The maximum absolute atomic E-state index is 3.79. The Labute approximate surface area is 182 Å². The van der Waals surface area contributed by atoms with Crippen LogP contribution in [0.2, 0.25) is 0 Å². The van der Waals surface area contributed by atoms with E-state index in [-0.39, 0.29) is 0 Å². The number of rotatable bonds is 2. The lowest BCUT2D eigenvalue weighted by Crippen LogP contribution is -1.96. The molecule has 5 rings (SSSR count). The molecule has 3 radical (unpaired) electrons. The van der Waals surface area contributed by atoms with Gasteiger partial charge in [0.2, 0.25) is 0 Å². The summed E-state index contributed by atoms with van der Waals surface area (Å²) in [5.41, 5.74) is 10.2. The molecule has 1 aliphatic heterocycles. The fourth-order valence-electron chi connectivity index (χ4n) is 4.43. The third kappa shape index (κ3) is 3.76. The molecule has 2 aromatic carbocycles. The molecular weight excluding hydrogens is 384 g/mol. The summed E-state index contributed by atoms with van der Waals surface area (Å²) in [6.45, 7) is 8.93. The Hall–Kier alpha value is -2.03. The highest BCUT2D eigenvalue weighted by Crippen LogP contribution is 2.51. The molecule has 2 aliphatic carbocycles. The Morgan fingerprint density at radius 1 is 0.897 bits per heavy atom. The number of thioether (sulfide) groups is 1. The first-order valence-electron chi connectivity index (χ1n) is 10.3. The number of allylic oxidation sites excluding steroid dienone is 7. The van der Waals surface area contributed by atoms with Gasteiger partial charge in [-0.05, 0) is 59.9 Å². The Kier molecular flexibility index (Phi) is 5.85. The molecule has 0 aromatic heterocycles. The average molecular weight is 412 g/mol. The van der Waals surface area contributed by atoms with Gasteiger partial charge in [-0.15, -0.1) is 0 Å². The Morgan fingerprint density at radius 3 is 2.34 bits per heavy atom. The minimum Gasteiger partial charge on any atom is -0.0981 e. The topological polar surface area (TPSA) is 0 Å². The smallest absolute Gasteiger partial charge is 0.0392 e. The van der Waals surface area contributed by atoms with Crippen molar-refractivity contribution < 1.29 is 0 Å². The van der Waals surface area contributed by atoms with Gasteiger partial charge >= 0.3 is 0 Å². The second-order valence-corrected chi connectivity index (χ2v) is 9.72. The van der Waals surface area contributed by atoms with Crippen molar-refractivity contribution in [3.8, 4) is 11.1 Å². The Morgan fingerprint density at radius 2 is 1.66 bits per heavy atom. The zero-order chi connectivity index (χ0) is 20.5. The number of benzene rings is 2. The maximum Gasteiger partial charge on any atom is 0.0392 e. The van der Waals surface area contributed by atoms with Gasteiger partial charge in [0, 0.05) is 21.1 Å². The van der Waals surface area contributed by atoms with Gasteiger partial charge in [-0.2, -0.15) is 0 Å². The first kappa shape index (κ1) is 20.2. The van der Waals surface area contributed by atoms with Crippen LogP contribution in [0.5, 0.6) is 0 Å². The average Bonchev–Trinajstić information content (AvgIpc) is 3.37. The van der Waals surface area contributed by atoms with Crippen molar-refractivity contribution in [2.45, 2.75) is 39.7 Å². The molecule has 0 spiro atoms. The summed E-state index contributed by atoms with van der Waals surface area (Å²) in [6, 6.07) is 17.1. The molecule has 1 heterocycles. The lowest BCUT2D eigenvalue weighted by Gasteiger charge is -2.10. The Bertz CT molecular complexity index is 1050. The van der Waals surface area contributed by atoms with Crippen LogP contribution in [0.1, 0.15) is 50.8 Å². The summed E-state index contributed by atoms with van der Waals surface area (Å²) in [4.78, 5) is 3.13. The predicted molar refractivity (Wildman–Crippen MR) is 130 cm³/mol. The van der Waals surface area contributed by atoms with Crippen molar-refractivity contribution in [1.29, 1.82) is 0 Å². The quantitative estimate of drug-likeness (QED) is 0.453. The van der Waals surface area contributed by atoms with Gasteiger partial charge in [0.25, 0.3) is 0 Å². The van der Waals surface area contributed by atoms with E-state index in [2.05, 4.69) is 105 Å². The van der Waals surface area contributed by atoms with Gasteiger partial charge in [0.1, 0.15) is 0 Å². The van der Waals surface area contributed by atoms with Crippen LogP contribution in [0, 0.1) is 5.92 Å². The van der Waals surface area contributed by atoms with Crippen molar-refractivity contribution in [2.75, 3.05) is 0 Å². The molecule has 0 bridgehead atoms. The summed E-state index contributed by atoms with van der Waals surface area (Å²) >= 11 is 1.98. The normalized spacial score (nSPS) is 21.8. The van der Waals surface area contributed by atoms with Crippen molar-refractivity contribution in [1.82, 2.24) is 0 Å². The highest BCUT2D eigenvalue weighted by molar-refractivity contribution is 8.07. The van der Waals surface area contributed by atoms with Crippen molar-refractivity contribution >= 4 is 28.1 Å². The molecule has 2 unspecified atom stereocenters. The van der Waals surface area contributed by atoms with E-state index >= 15 is 0 Å². The van der Waals surface area contributed by atoms with Crippen LogP contribution in [0.3, 0.4) is 0 Å². The standard InChI is InChI=1S/C16H13Si.C11H14S/c1-11-10-15-13(12-6-3-2-4-7-12)8-5-9-14(15)16(11)17;1-4-9-8(3)11-7(2)5-6-10(11)12-9/h2-10,16H,1H3;5-6,11H,4H2,1-3H3. The largest absolute Gasteiger partial charge is 0.0981 e. The molecule has 0 saturated carbocycles. The molecule has 2 atom stereocenters. The van der Waals surface area contributed by atoms with Crippen LogP contribution in [0.25, 0.3) is 17.2 Å². The van der Waals surface area contributed by atoms with E-state index in [0.717, 1.165) is 0 Å². The minimum atomic E-state index is 0.369. The first-order valence-corrected chi connectivity index (χ1v) is 11.7. The van der Waals surface area contributed by atoms with Crippen molar-refractivity contribution in [2.24, 2.45) is 5.92 Å². The van der Waals surface area contributed by atoms with Gasteiger partial charge in [-0.1, -0.05) is 102 Å². The van der Waals surface area contributed by atoms with Crippen molar-refractivity contribution in [3.05, 3.63) is 98.3 Å². The molecule has 0 nitrogen and oxygen atoms in total. The van der Waals surface area contributed by atoms with E-state index in [1.54, 1.807) is 15.4 Å². The van der Waals surface area contributed by atoms with Gasteiger partial charge in [0.05, 0.1) is 0 Å². The molecule has 0 saturated heterocycles. The van der Waals surface area contributed by atoms with E-state index in [0.29, 0.717) is 11.5 Å². The van der Waals surface area contributed by atoms with E-state index in [1.807, 2.05) is 11.8 Å². The summed E-state index contributed by atoms with van der Waals surface area (Å²) in [5, 5.41) is 0. The SMILES string of the molecule is CC1=Cc2c(-c3ccccc3)cccc2C1[Si].CCC1=C(C)C2C(C)=CC=C2S1. The zero-order valence-corrected chi connectivity index (χ0v) is 19.4. The molecule has 0 fully saturated rings. The van der Waals surface area contributed by atoms with Gasteiger partial charge in [-0.25, -0.2) is 0 Å². The number of hydrogen-bond acceptors (Lipinski definition) is 1. The number of hydrogen-bond donors (Lipinski definition) is 0. The van der Waals surface area contributed by atoms with E-state index < -0.39 is 0 Å². The summed E-state index contributed by atoms with van der Waals surface area (Å²) in [6.07, 6.45) is 8.01. The second kappa shape index (κ2) is 8.37. The van der Waals surface area contributed by atoms with E-state index in [1.165, 1.54) is 39.8 Å². The fourth-order valence-corrected chi connectivity index (χ4v) is 6.09. The van der Waals surface area contributed by atoms with Gasteiger partial charge in [0.15, 0.2) is 0 Å². The van der Waals surface area contributed by atoms with Gasteiger partial charge in [-0.3, -0.25) is 0 Å². The highest BCUT2D eigenvalue weighted by atomic mass is 32.2. The lowest BCUT2D eigenvalue weighted by molar-refractivity contribution is 0.895. The first-order chi connectivity index (χ1) is 14.0. The zero-order valence-electron chi connectivity index (χ0n) is 17.6. The van der Waals surface area contributed by atoms with E-state index in [9.17, 15) is 0 Å². The Balaban J connectivity index is 0.000000150. The van der Waals surface area contributed by atoms with Crippen LogP contribution >= 0.6 is 11.8 Å². The molecule has 2 heteroatoms. The second-order valence-electron chi connectivity index (χ2n) is 7.97. The molecule has 3 aliphatic rings. The number of fused-ring (bicyclic) bond motifs is 2. The van der Waals surface area contributed by atoms with Gasteiger partial charge < -0.3 is 0 Å². The summed E-state index contributed by atoms with van der Waals surface area (Å²) < 4.78 is 0. The van der Waals surface area contributed by atoms with Crippen molar-refractivity contribution in [3.63, 3.8) is 0 Å². The lowest BCUT2D eigenvalue weighted by atomic mass is 9.95. The van der Waals surface area contributed by atoms with Crippen LogP contribution in [-0.2, 0) is 0 Å². The molecule has 2 aromatic rings.